The van der Waals surface area contributed by atoms with Crippen molar-refractivity contribution in [2.75, 3.05) is 11.9 Å². The topological polar surface area (TPSA) is 66.9 Å². The lowest BCUT2D eigenvalue weighted by Crippen LogP contribution is -2.28. The number of hydrogen-bond acceptors (Lipinski definition) is 5. The highest BCUT2D eigenvalue weighted by Gasteiger charge is 2.16. The number of rotatable bonds is 6. The van der Waals surface area contributed by atoms with Gasteiger partial charge in [0.25, 0.3) is 5.91 Å². The summed E-state index contributed by atoms with van der Waals surface area (Å²) in [4.78, 5) is 20.6. The van der Waals surface area contributed by atoms with Crippen molar-refractivity contribution in [1.82, 2.24) is 15.3 Å². The average Bonchev–Trinajstić information content (AvgIpc) is 2.99. The Balaban J connectivity index is 2.03. The molecule has 5 nitrogen and oxygen atoms in total. The number of hydrogen-bond donors (Lipinski definition) is 2. The van der Waals surface area contributed by atoms with Crippen LogP contribution in [0.3, 0.4) is 0 Å². The van der Waals surface area contributed by atoms with Gasteiger partial charge in [0.1, 0.15) is 10.8 Å². The Morgan fingerprint density at radius 1 is 1.35 bits per heavy atom. The van der Waals surface area contributed by atoms with Gasteiger partial charge in [0, 0.05) is 24.3 Å². The van der Waals surface area contributed by atoms with E-state index in [1.165, 1.54) is 0 Å². The van der Waals surface area contributed by atoms with Gasteiger partial charge >= 0.3 is 0 Å². The number of carbonyl (C=O) groups is 1. The van der Waals surface area contributed by atoms with Crippen molar-refractivity contribution < 1.29 is 4.79 Å². The minimum absolute atomic E-state index is 0.0454. The van der Waals surface area contributed by atoms with Crippen LogP contribution < -0.4 is 10.6 Å². The Labute approximate surface area is 122 Å². The molecular formula is C14H18N4OS. The van der Waals surface area contributed by atoms with E-state index in [1.807, 2.05) is 25.3 Å². The van der Waals surface area contributed by atoms with E-state index in [2.05, 4.69) is 20.6 Å². The van der Waals surface area contributed by atoms with Gasteiger partial charge in [-0.15, -0.1) is 11.3 Å². The van der Waals surface area contributed by atoms with Crippen LogP contribution in [0, 0.1) is 0 Å². The Hall–Kier alpha value is -1.95. The van der Waals surface area contributed by atoms with Crippen LogP contribution >= 0.6 is 11.3 Å². The molecule has 2 aromatic rings. The van der Waals surface area contributed by atoms with E-state index in [4.69, 9.17) is 0 Å². The van der Waals surface area contributed by atoms with E-state index in [0.717, 1.165) is 23.8 Å². The lowest BCUT2D eigenvalue weighted by molar-refractivity contribution is 0.0935. The molecule has 1 amide bonds. The van der Waals surface area contributed by atoms with Crippen LogP contribution in [0.15, 0.2) is 29.9 Å². The molecule has 0 aromatic carbocycles. The quantitative estimate of drug-likeness (QED) is 0.858. The Kier molecular flexibility index (Phi) is 5.06. The summed E-state index contributed by atoms with van der Waals surface area (Å²) in [6.45, 7) is 4.83. The summed E-state index contributed by atoms with van der Waals surface area (Å²) in [5, 5.41) is 8.92. The third kappa shape index (κ3) is 3.54. The highest BCUT2D eigenvalue weighted by atomic mass is 32.1. The van der Waals surface area contributed by atoms with Gasteiger partial charge in [-0.05, 0) is 25.5 Å². The molecule has 0 radical (unpaired) electrons. The number of thiazole rings is 1. The molecule has 0 aliphatic rings. The molecule has 0 saturated heterocycles. The molecule has 106 valence electrons. The van der Waals surface area contributed by atoms with Crippen LogP contribution in [-0.4, -0.2) is 22.4 Å². The fourth-order valence-electron chi connectivity index (χ4n) is 1.80. The minimum Gasteiger partial charge on any atom is -0.370 e. The number of anilines is 1. The van der Waals surface area contributed by atoms with Crippen LogP contribution in [0.25, 0.3) is 0 Å². The van der Waals surface area contributed by atoms with Gasteiger partial charge in [0.15, 0.2) is 0 Å². The van der Waals surface area contributed by atoms with E-state index < -0.39 is 0 Å². The van der Waals surface area contributed by atoms with Crippen molar-refractivity contribution in [2.45, 2.75) is 26.3 Å². The smallest absolute Gasteiger partial charge is 0.253 e. The van der Waals surface area contributed by atoms with Gasteiger partial charge in [-0.3, -0.25) is 4.79 Å². The molecule has 0 fully saturated rings. The van der Waals surface area contributed by atoms with E-state index >= 15 is 0 Å². The van der Waals surface area contributed by atoms with Crippen LogP contribution in [0.4, 0.5) is 5.82 Å². The lowest BCUT2D eigenvalue weighted by Gasteiger charge is -2.14. The standard InChI is InChI=1S/C14H18N4OS/c1-3-11(14-16-7-8-20-14)18-13(19)10-5-6-12(15-4-2)17-9-10/h5-9,11H,3-4H2,1-2H3,(H,15,17)(H,18,19). The summed E-state index contributed by atoms with van der Waals surface area (Å²) < 4.78 is 0. The molecule has 0 saturated carbocycles. The predicted octanol–water partition coefficient (Wildman–Crippen LogP) is 2.85. The fourth-order valence-corrected chi connectivity index (χ4v) is 2.57. The third-order valence-corrected chi connectivity index (χ3v) is 3.74. The maximum Gasteiger partial charge on any atom is 0.253 e. The first-order valence-electron chi connectivity index (χ1n) is 6.64. The van der Waals surface area contributed by atoms with Gasteiger partial charge in [-0.2, -0.15) is 0 Å². The van der Waals surface area contributed by atoms with Crippen molar-refractivity contribution in [3.63, 3.8) is 0 Å². The molecule has 0 bridgehead atoms. The van der Waals surface area contributed by atoms with Crippen LogP contribution in [0.1, 0.15) is 41.7 Å². The van der Waals surface area contributed by atoms with Gasteiger partial charge in [0.2, 0.25) is 0 Å². The first-order chi connectivity index (χ1) is 9.74. The van der Waals surface area contributed by atoms with Crippen molar-refractivity contribution in [3.8, 4) is 0 Å². The monoisotopic (exact) mass is 290 g/mol. The maximum absolute atomic E-state index is 12.2. The fraction of sp³-hybridized carbons (Fsp3) is 0.357. The largest absolute Gasteiger partial charge is 0.370 e. The zero-order valence-corrected chi connectivity index (χ0v) is 12.4. The van der Waals surface area contributed by atoms with Gasteiger partial charge < -0.3 is 10.6 Å². The first-order valence-corrected chi connectivity index (χ1v) is 7.52. The molecule has 2 rings (SSSR count). The van der Waals surface area contributed by atoms with Crippen molar-refractivity contribution >= 4 is 23.1 Å². The van der Waals surface area contributed by atoms with E-state index in [1.54, 1.807) is 29.8 Å². The molecular weight excluding hydrogens is 272 g/mol. The molecule has 2 aromatic heterocycles. The van der Waals surface area contributed by atoms with E-state index in [9.17, 15) is 4.79 Å². The average molecular weight is 290 g/mol. The van der Waals surface area contributed by atoms with Gasteiger partial charge in [0.05, 0.1) is 11.6 Å². The predicted molar refractivity (Wildman–Crippen MR) is 81.0 cm³/mol. The second kappa shape index (κ2) is 7.00. The zero-order valence-electron chi connectivity index (χ0n) is 11.6. The number of aromatic nitrogens is 2. The first kappa shape index (κ1) is 14.5. The number of amides is 1. The summed E-state index contributed by atoms with van der Waals surface area (Å²) in [7, 11) is 0. The number of carbonyl (C=O) groups excluding carboxylic acids is 1. The Morgan fingerprint density at radius 2 is 2.20 bits per heavy atom. The van der Waals surface area contributed by atoms with Gasteiger partial charge in [-0.25, -0.2) is 9.97 Å². The van der Waals surface area contributed by atoms with Crippen LogP contribution in [0.2, 0.25) is 0 Å². The maximum atomic E-state index is 12.2. The number of nitrogens with zero attached hydrogens (tertiary/aromatic N) is 2. The van der Waals surface area contributed by atoms with Crippen molar-refractivity contribution in [3.05, 3.63) is 40.5 Å². The molecule has 0 spiro atoms. The highest BCUT2D eigenvalue weighted by Crippen LogP contribution is 2.19. The molecule has 6 heteroatoms. The molecule has 1 atom stereocenters. The Bertz CT molecular complexity index is 539. The molecule has 1 unspecified atom stereocenters. The van der Waals surface area contributed by atoms with Crippen LogP contribution in [0.5, 0.6) is 0 Å². The third-order valence-electron chi connectivity index (χ3n) is 2.85. The second-order valence-corrected chi connectivity index (χ2v) is 5.19. The lowest BCUT2D eigenvalue weighted by atomic mass is 10.2. The van der Waals surface area contributed by atoms with Crippen molar-refractivity contribution in [2.24, 2.45) is 0 Å². The summed E-state index contributed by atoms with van der Waals surface area (Å²) in [6, 6.07) is 3.54. The van der Waals surface area contributed by atoms with E-state index in [0.29, 0.717) is 5.56 Å². The molecule has 2 N–H and O–H groups in total. The second-order valence-electron chi connectivity index (χ2n) is 4.27. The highest BCUT2D eigenvalue weighted by molar-refractivity contribution is 7.09. The number of pyridine rings is 1. The molecule has 2 heterocycles. The number of nitrogens with one attached hydrogen (secondary N) is 2. The molecule has 20 heavy (non-hydrogen) atoms. The zero-order chi connectivity index (χ0) is 14.4. The minimum atomic E-state index is -0.123. The SMILES string of the molecule is CCNc1ccc(C(=O)NC(CC)c2nccs2)cn1. The summed E-state index contributed by atoms with van der Waals surface area (Å²) >= 11 is 1.55. The van der Waals surface area contributed by atoms with Crippen LogP contribution in [-0.2, 0) is 0 Å². The summed E-state index contributed by atoms with van der Waals surface area (Å²) in [6.07, 6.45) is 4.14. The molecule has 0 aliphatic carbocycles. The molecule has 0 aliphatic heterocycles. The summed E-state index contributed by atoms with van der Waals surface area (Å²) in [5.74, 6) is 0.651. The normalized spacial score (nSPS) is 11.9. The summed E-state index contributed by atoms with van der Waals surface area (Å²) in [5.41, 5.74) is 0.557. The Morgan fingerprint density at radius 3 is 2.75 bits per heavy atom. The van der Waals surface area contributed by atoms with E-state index in [-0.39, 0.29) is 11.9 Å². The van der Waals surface area contributed by atoms with Crippen molar-refractivity contribution in [1.29, 1.82) is 0 Å². The van der Waals surface area contributed by atoms with Gasteiger partial charge in [-0.1, -0.05) is 6.92 Å².